The Morgan fingerprint density at radius 1 is 0.926 bits per heavy atom. The van der Waals surface area contributed by atoms with Gasteiger partial charge >= 0.3 is 6.18 Å². The quantitative estimate of drug-likeness (QED) is 0.680. The fourth-order valence-corrected chi connectivity index (χ4v) is 2.22. The van der Waals surface area contributed by atoms with Crippen molar-refractivity contribution in [3.05, 3.63) is 53.6 Å². The van der Waals surface area contributed by atoms with Crippen LogP contribution in [0, 0.1) is 11.6 Å². The van der Waals surface area contributed by atoms with Crippen LogP contribution in [0.2, 0.25) is 0 Å². The Labute approximate surface area is 150 Å². The van der Waals surface area contributed by atoms with Crippen molar-refractivity contribution in [2.24, 2.45) is 0 Å². The van der Waals surface area contributed by atoms with Crippen LogP contribution in [0.5, 0.6) is 0 Å². The van der Waals surface area contributed by atoms with Crippen molar-refractivity contribution < 1.29 is 31.5 Å². The number of carbonyl (C=O) groups is 2. The molecule has 0 aliphatic rings. The normalized spacial score (nSPS) is 11.0. The number of nitrogens with one attached hydrogen (secondary N) is 3. The van der Waals surface area contributed by atoms with Crippen molar-refractivity contribution in [2.75, 3.05) is 22.5 Å². The van der Waals surface area contributed by atoms with Crippen LogP contribution in [0.3, 0.4) is 0 Å². The van der Waals surface area contributed by atoms with E-state index < -0.39 is 47.4 Å². The van der Waals surface area contributed by atoms with Crippen LogP contribution in [0.25, 0.3) is 0 Å². The molecule has 0 aliphatic heterocycles. The zero-order chi connectivity index (χ0) is 20.2. The average molecular weight is 387 g/mol. The van der Waals surface area contributed by atoms with E-state index in [1.165, 1.54) is 6.07 Å². The molecule has 0 radical (unpaired) electrons. The summed E-state index contributed by atoms with van der Waals surface area (Å²) in [6, 6.07) is 5.36. The van der Waals surface area contributed by atoms with Gasteiger partial charge in [0.05, 0.1) is 12.1 Å². The minimum absolute atomic E-state index is 0.0555. The first-order chi connectivity index (χ1) is 12.5. The van der Waals surface area contributed by atoms with Crippen molar-refractivity contribution in [3.63, 3.8) is 0 Å². The third-order valence-corrected chi connectivity index (χ3v) is 3.23. The van der Waals surface area contributed by atoms with Crippen LogP contribution in [0.15, 0.2) is 36.4 Å². The predicted octanol–water partition coefficient (Wildman–Crippen LogP) is 3.99. The molecular formula is C17H14F5N3O2. The van der Waals surface area contributed by atoms with E-state index in [1.54, 1.807) is 0 Å². The second-order valence-corrected chi connectivity index (χ2v) is 5.50. The first-order valence-electron chi connectivity index (χ1n) is 7.53. The van der Waals surface area contributed by atoms with Crippen LogP contribution in [0.1, 0.15) is 12.5 Å². The van der Waals surface area contributed by atoms with Crippen LogP contribution < -0.4 is 16.0 Å². The van der Waals surface area contributed by atoms with Crippen molar-refractivity contribution in [3.8, 4) is 0 Å². The van der Waals surface area contributed by atoms with E-state index in [0.29, 0.717) is 6.07 Å². The van der Waals surface area contributed by atoms with Crippen molar-refractivity contribution in [2.45, 2.75) is 13.1 Å². The molecular weight excluding hydrogens is 373 g/mol. The number of halogens is 5. The SMILES string of the molecule is CC(=O)Nc1ccc(NCC(=O)Nc2cc(F)cc(F)c2)c(C(F)(F)F)c1. The predicted molar refractivity (Wildman–Crippen MR) is 89.2 cm³/mol. The number of anilines is 3. The molecule has 144 valence electrons. The van der Waals surface area contributed by atoms with Gasteiger partial charge in [0.25, 0.3) is 0 Å². The maximum atomic E-state index is 13.2. The lowest BCUT2D eigenvalue weighted by molar-refractivity contribution is -0.137. The Kier molecular flexibility index (Phi) is 5.98. The van der Waals surface area contributed by atoms with Crippen LogP contribution in [-0.2, 0) is 15.8 Å². The zero-order valence-electron chi connectivity index (χ0n) is 13.9. The largest absolute Gasteiger partial charge is 0.418 e. The molecule has 0 saturated carbocycles. The molecule has 0 bridgehead atoms. The van der Waals surface area contributed by atoms with E-state index in [0.717, 1.165) is 31.2 Å². The number of rotatable bonds is 5. The van der Waals surface area contributed by atoms with Gasteiger partial charge in [-0.15, -0.1) is 0 Å². The first-order valence-corrected chi connectivity index (χ1v) is 7.53. The summed E-state index contributed by atoms with van der Waals surface area (Å²) in [5, 5.41) is 6.72. The third-order valence-electron chi connectivity index (χ3n) is 3.23. The van der Waals surface area contributed by atoms with Crippen LogP contribution in [-0.4, -0.2) is 18.4 Å². The summed E-state index contributed by atoms with van der Waals surface area (Å²) in [7, 11) is 0. The molecule has 27 heavy (non-hydrogen) atoms. The summed E-state index contributed by atoms with van der Waals surface area (Å²) in [5.74, 6) is -3.16. The summed E-state index contributed by atoms with van der Waals surface area (Å²) in [5.41, 5.74) is -1.70. The summed E-state index contributed by atoms with van der Waals surface area (Å²) in [6.45, 7) is 0.569. The second kappa shape index (κ2) is 8.02. The van der Waals surface area contributed by atoms with E-state index in [9.17, 15) is 31.5 Å². The van der Waals surface area contributed by atoms with Gasteiger partial charge < -0.3 is 16.0 Å². The van der Waals surface area contributed by atoms with Crippen LogP contribution in [0.4, 0.5) is 39.0 Å². The highest BCUT2D eigenvalue weighted by atomic mass is 19.4. The van der Waals surface area contributed by atoms with E-state index in [2.05, 4.69) is 16.0 Å². The van der Waals surface area contributed by atoms with Crippen molar-refractivity contribution in [1.29, 1.82) is 0 Å². The van der Waals surface area contributed by atoms with Crippen molar-refractivity contribution >= 4 is 28.9 Å². The minimum Gasteiger partial charge on any atom is -0.376 e. The maximum absolute atomic E-state index is 13.2. The smallest absolute Gasteiger partial charge is 0.376 e. The Balaban J connectivity index is 2.11. The number of benzene rings is 2. The van der Waals surface area contributed by atoms with Gasteiger partial charge in [0.15, 0.2) is 0 Å². The Hall–Kier alpha value is -3.17. The molecule has 3 N–H and O–H groups in total. The van der Waals surface area contributed by atoms with E-state index >= 15 is 0 Å². The van der Waals surface area contributed by atoms with Crippen LogP contribution >= 0.6 is 0 Å². The minimum atomic E-state index is -4.74. The highest BCUT2D eigenvalue weighted by Gasteiger charge is 2.34. The summed E-state index contributed by atoms with van der Waals surface area (Å²) < 4.78 is 65.7. The van der Waals surface area contributed by atoms with E-state index in [-0.39, 0.29) is 11.4 Å². The van der Waals surface area contributed by atoms with Gasteiger partial charge in [0, 0.05) is 30.1 Å². The number of alkyl halides is 3. The number of amides is 2. The average Bonchev–Trinajstić information content (AvgIpc) is 2.51. The molecule has 2 amide bonds. The van der Waals surface area contributed by atoms with Gasteiger partial charge in [-0.25, -0.2) is 8.78 Å². The lowest BCUT2D eigenvalue weighted by atomic mass is 10.1. The zero-order valence-corrected chi connectivity index (χ0v) is 13.9. The Bertz CT molecular complexity index is 848. The lowest BCUT2D eigenvalue weighted by Crippen LogP contribution is -2.23. The van der Waals surface area contributed by atoms with Gasteiger partial charge in [0.1, 0.15) is 11.6 Å². The molecule has 0 heterocycles. The Morgan fingerprint density at radius 3 is 2.11 bits per heavy atom. The number of carbonyl (C=O) groups excluding carboxylic acids is 2. The molecule has 0 fully saturated rings. The van der Waals surface area contributed by atoms with Gasteiger partial charge in [0.2, 0.25) is 11.8 Å². The van der Waals surface area contributed by atoms with Crippen molar-refractivity contribution in [1.82, 2.24) is 0 Å². The van der Waals surface area contributed by atoms with Gasteiger partial charge in [-0.3, -0.25) is 9.59 Å². The van der Waals surface area contributed by atoms with E-state index in [1.807, 2.05) is 0 Å². The highest BCUT2D eigenvalue weighted by Crippen LogP contribution is 2.36. The monoisotopic (exact) mass is 387 g/mol. The molecule has 0 saturated heterocycles. The fraction of sp³-hybridized carbons (Fsp3) is 0.176. The lowest BCUT2D eigenvalue weighted by Gasteiger charge is -2.16. The molecule has 10 heteroatoms. The third kappa shape index (κ3) is 5.94. The topological polar surface area (TPSA) is 70.2 Å². The van der Waals surface area contributed by atoms with Gasteiger partial charge in [-0.05, 0) is 30.3 Å². The van der Waals surface area contributed by atoms with E-state index in [4.69, 9.17) is 0 Å². The molecule has 0 atom stereocenters. The van der Waals surface area contributed by atoms with Gasteiger partial charge in [-0.1, -0.05) is 0 Å². The summed E-state index contributed by atoms with van der Waals surface area (Å²) >= 11 is 0. The molecule has 0 aromatic heterocycles. The number of hydrogen-bond acceptors (Lipinski definition) is 3. The van der Waals surface area contributed by atoms with Gasteiger partial charge in [-0.2, -0.15) is 13.2 Å². The standard InChI is InChI=1S/C17H14F5N3O2/c1-9(26)24-12-2-3-15(14(7-12)17(20,21)22)23-8-16(27)25-13-5-10(18)4-11(19)6-13/h2-7,23H,8H2,1H3,(H,24,26)(H,25,27). The molecule has 2 aromatic rings. The maximum Gasteiger partial charge on any atom is 0.418 e. The molecule has 0 unspecified atom stereocenters. The second-order valence-electron chi connectivity index (χ2n) is 5.50. The molecule has 2 aromatic carbocycles. The molecule has 5 nitrogen and oxygen atoms in total. The number of hydrogen-bond donors (Lipinski definition) is 3. The highest BCUT2D eigenvalue weighted by molar-refractivity contribution is 5.94. The summed E-state index contributed by atoms with van der Waals surface area (Å²) in [6.07, 6.45) is -4.74. The summed E-state index contributed by atoms with van der Waals surface area (Å²) in [4.78, 5) is 22.8. The molecule has 0 spiro atoms. The fourth-order valence-electron chi connectivity index (χ4n) is 2.22. The first kappa shape index (κ1) is 20.1. The molecule has 0 aliphatic carbocycles. The molecule has 2 rings (SSSR count). The Morgan fingerprint density at radius 2 is 1.56 bits per heavy atom.